The van der Waals surface area contributed by atoms with Gasteiger partial charge in [0.25, 0.3) is 0 Å². The van der Waals surface area contributed by atoms with E-state index in [1.807, 2.05) is 108 Å². The van der Waals surface area contributed by atoms with E-state index in [4.69, 9.17) is 0 Å². The van der Waals surface area contributed by atoms with Gasteiger partial charge in [-0.1, -0.05) is 54.6 Å². The van der Waals surface area contributed by atoms with Gasteiger partial charge in [0, 0.05) is 21.7 Å². The first kappa shape index (κ1) is 24.8. The fourth-order valence-corrected chi connectivity index (χ4v) is 6.01. The topological polar surface area (TPSA) is 83.1 Å². The van der Waals surface area contributed by atoms with Crippen molar-refractivity contribution in [1.82, 2.24) is 4.98 Å². The van der Waals surface area contributed by atoms with Crippen LogP contribution < -0.4 is 16.0 Å². The number of urea groups is 1. The molecule has 0 radical (unpaired) electrons. The lowest BCUT2D eigenvalue weighted by atomic mass is 10.1. The standard InChI is InChI=1S/C28H22N4O2S3/c33-26(32-28-31-23(18-36-28)24-12-7-17-35-24)25(19-8-3-1-4-9-19)37-22-15-13-21(14-16-22)30-27(34)29-20-10-5-2-6-11-20/h1-18,25H,(H2,29,30,34)(H,31,32,33). The monoisotopic (exact) mass is 542 g/mol. The fraction of sp³-hybridized carbons (Fsp3) is 0.0357. The van der Waals surface area contributed by atoms with Crippen LogP contribution in [0.1, 0.15) is 10.8 Å². The summed E-state index contributed by atoms with van der Waals surface area (Å²) >= 11 is 4.47. The first-order chi connectivity index (χ1) is 18.1. The van der Waals surface area contributed by atoms with Crippen molar-refractivity contribution >= 4 is 62.9 Å². The second kappa shape index (κ2) is 11.9. The van der Waals surface area contributed by atoms with Gasteiger partial charge in [0.1, 0.15) is 5.25 Å². The molecule has 37 heavy (non-hydrogen) atoms. The minimum absolute atomic E-state index is 0.146. The number of nitrogens with zero attached hydrogens (tertiary/aromatic N) is 1. The van der Waals surface area contributed by atoms with Crippen molar-refractivity contribution in [2.24, 2.45) is 0 Å². The van der Waals surface area contributed by atoms with E-state index in [2.05, 4.69) is 20.9 Å². The highest BCUT2D eigenvalue weighted by Gasteiger charge is 2.23. The maximum atomic E-state index is 13.4. The summed E-state index contributed by atoms with van der Waals surface area (Å²) in [6, 6.07) is 30.0. The summed E-state index contributed by atoms with van der Waals surface area (Å²) < 4.78 is 0. The number of carbonyl (C=O) groups excluding carboxylic acids is 2. The van der Waals surface area contributed by atoms with Crippen LogP contribution in [0.5, 0.6) is 0 Å². The van der Waals surface area contributed by atoms with Crippen LogP contribution in [-0.4, -0.2) is 16.9 Å². The number of thiophene rings is 1. The zero-order valence-electron chi connectivity index (χ0n) is 19.5. The van der Waals surface area contributed by atoms with E-state index >= 15 is 0 Å². The highest BCUT2D eigenvalue weighted by Crippen LogP contribution is 2.37. The molecule has 184 valence electrons. The largest absolute Gasteiger partial charge is 0.323 e. The predicted molar refractivity (Wildman–Crippen MR) is 155 cm³/mol. The molecule has 2 aromatic heterocycles. The third-order valence-electron chi connectivity index (χ3n) is 5.25. The predicted octanol–water partition coefficient (Wildman–Crippen LogP) is 7.99. The van der Waals surface area contributed by atoms with Crippen LogP contribution in [0.4, 0.5) is 21.3 Å². The molecule has 6 nitrogen and oxygen atoms in total. The minimum atomic E-state index is -0.476. The minimum Gasteiger partial charge on any atom is -0.308 e. The Labute approximate surface area is 226 Å². The Morgan fingerprint density at radius 1 is 0.730 bits per heavy atom. The van der Waals surface area contributed by atoms with Crippen molar-refractivity contribution in [3.63, 3.8) is 0 Å². The number of thiazole rings is 1. The van der Waals surface area contributed by atoms with Gasteiger partial charge in [-0.3, -0.25) is 4.79 Å². The lowest BCUT2D eigenvalue weighted by Crippen LogP contribution is -2.19. The van der Waals surface area contributed by atoms with Crippen LogP contribution >= 0.6 is 34.4 Å². The summed E-state index contributed by atoms with van der Waals surface area (Å²) in [5.41, 5.74) is 3.12. The van der Waals surface area contributed by atoms with Crippen LogP contribution in [0.25, 0.3) is 10.6 Å². The molecule has 3 amide bonds. The number of carbonyl (C=O) groups is 2. The average Bonchev–Trinajstić information content (AvgIpc) is 3.62. The number of aromatic nitrogens is 1. The molecule has 1 atom stereocenters. The third-order valence-corrected chi connectivity index (χ3v) is 8.16. The normalized spacial score (nSPS) is 11.5. The number of hydrogen-bond donors (Lipinski definition) is 3. The average molecular weight is 543 g/mol. The van der Waals surface area contributed by atoms with Gasteiger partial charge in [0.05, 0.1) is 10.6 Å². The summed E-state index contributed by atoms with van der Waals surface area (Å²) in [6.45, 7) is 0. The second-order valence-electron chi connectivity index (χ2n) is 7.88. The van der Waals surface area contributed by atoms with Crippen molar-refractivity contribution in [3.8, 4) is 10.6 Å². The SMILES string of the molecule is O=C(Nc1ccccc1)Nc1ccc(SC(C(=O)Nc2nc(-c3cccs3)cs2)c2ccccc2)cc1. The molecule has 0 aliphatic carbocycles. The van der Waals surface area contributed by atoms with E-state index < -0.39 is 5.25 Å². The van der Waals surface area contributed by atoms with Crippen molar-refractivity contribution < 1.29 is 9.59 Å². The number of anilines is 3. The Bertz CT molecular complexity index is 1450. The molecule has 5 rings (SSSR count). The molecule has 0 fully saturated rings. The highest BCUT2D eigenvalue weighted by molar-refractivity contribution is 8.00. The molecule has 0 saturated heterocycles. The fourth-order valence-electron chi connectivity index (χ4n) is 3.51. The number of thioether (sulfide) groups is 1. The van der Waals surface area contributed by atoms with Crippen LogP contribution in [0, 0.1) is 0 Å². The Kier molecular flexibility index (Phi) is 7.95. The van der Waals surface area contributed by atoms with Gasteiger partial charge in [-0.05, 0) is 53.4 Å². The van der Waals surface area contributed by atoms with Gasteiger partial charge < -0.3 is 16.0 Å². The number of para-hydroxylation sites is 1. The molecule has 5 aromatic rings. The van der Waals surface area contributed by atoms with Crippen LogP contribution in [0.15, 0.2) is 113 Å². The van der Waals surface area contributed by atoms with Crippen LogP contribution in [0.2, 0.25) is 0 Å². The van der Waals surface area contributed by atoms with Gasteiger partial charge in [-0.25, -0.2) is 9.78 Å². The number of rotatable bonds is 8. The van der Waals surface area contributed by atoms with Crippen molar-refractivity contribution in [2.75, 3.05) is 16.0 Å². The van der Waals surface area contributed by atoms with Crippen molar-refractivity contribution in [3.05, 3.63) is 113 Å². The molecule has 0 spiro atoms. The molecule has 3 N–H and O–H groups in total. The van der Waals surface area contributed by atoms with E-state index in [9.17, 15) is 9.59 Å². The Morgan fingerprint density at radius 3 is 2.08 bits per heavy atom. The smallest absolute Gasteiger partial charge is 0.308 e. The summed E-state index contributed by atoms with van der Waals surface area (Å²) in [5.74, 6) is -0.146. The van der Waals surface area contributed by atoms with Gasteiger partial charge in [0.2, 0.25) is 5.91 Å². The maximum Gasteiger partial charge on any atom is 0.323 e. The molecule has 0 aliphatic heterocycles. The first-order valence-corrected chi connectivity index (χ1v) is 14.0. The first-order valence-electron chi connectivity index (χ1n) is 11.4. The maximum absolute atomic E-state index is 13.4. The quantitative estimate of drug-likeness (QED) is 0.174. The molecule has 2 heterocycles. The summed E-state index contributed by atoms with van der Waals surface area (Å²) in [5, 5.41) is 12.7. The zero-order chi connectivity index (χ0) is 25.5. The van der Waals surface area contributed by atoms with Gasteiger partial charge in [-0.2, -0.15) is 0 Å². The third kappa shape index (κ3) is 6.65. The number of nitrogens with one attached hydrogen (secondary N) is 3. The van der Waals surface area contributed by atoms with E-state index in [0.717, 1.165) is 21.0 Å². The Balaban J connectivity index is 1.26. The van der Waals surface area contributed by atoms with Gasteiger partial charge in [0.15, 0.2) is 5.13 Å². The number of hydrogen-bond acceptors (Lipinski definition) is 6. The highest BCUT2D eigenvalue weighted by atomic mass is 32.2. The van der Waals surface area contributed by atoms with Gasteiger partial charge >= 0.3 is 6.03 Å². The zero-order valence-corrected chi connectivity index (χ0v) is 21.9. The molecule has 0 aliphatic rings. The molecule has 0 bridgehead atoms. The summed E-state index contributed by atoms with van der Waals surface area (Å²) in [7, 11) is 0. The molecule has 1 unspecified atom stereocenters. The van der Waals surface area contributed by atoms with E-state index in [-0.39, 0.29) is 11.9 Å². The van der Waals surface area contributed by atoms with Crippen molar-refractivity contribution in [1.29, 1.82) is 0 Å². The molecule has 9 heteroatoms. The second-order valence-corrected chi connectivity index (χ2v) is 10.9. The van der Waals surface area contributed by atoms with Gasteiger partial charge in [-0.15, -0.1) is 34.4 Å². The lowest BCUT2D eigenvalue weighted by molar-refractivity contribution is -0.115. The van der Waals surface area contributed by atoms with Crippen molar-refractivity contribution in [2.45, 2.75) is 10.1 Å². The molecular weight excluding hydrogens is 521 g/mol. The molecule has 0 saturated carbocycles. The lowest BCUT2D eigenvalue weighted by Gasteiger charge is -2.16. The number of benzene rings is 3. The van der Waals surface area contributed by atoms with Crippen LogP contribution in [-0.2, 0) is 4.79 Å². The Hall–Kier alpha value is -3.92. The molecule has 3 aromatic carbocycles. The summed E-state index contributed by atoms with van der Waals surface area (Å²) in [4.78, 5) is 32.2. The van der Waals surface area contributed by atoms with E-state index in [1.54, 1.807) is 11.3 Å². The van der Waals surface area contributed by atoms with E-state index in [1.165, 1.54) is 23.1 Å². The Morgan fingerprint density at radius 2 is 1.41 bits per heavy atom. The number of amides is 3. The molecular formula is C28H22N4O2S3. The summed E-state index contributed by atoms with van der Waals surface area (Å²) in [6.07, 6.45) is 0. The van der Waals surface area contributed by atoms with Crippen LogP contribution in [0.3, 0.4) is 0 Å². The van der Waals surface area contributed by atoms with E-state index in [0.29, 0.717) is 16.5 Å².